The number of furan rings is 1. The van der Waals surface area contributed by atoms with Crippen molar-refractivity contribution in [2.75, 3.05) is 20.8 Å². The van der Waals surface area contributed by atoms with E-state index in [9.17, 15) is 14.4 Å². The van der Waals surface area contributed by atoms with Crippen LogP contribution >= 0.6 is 0 Å². The quantitative estimate of drug-likeness (QED) is 0.520. The molecule has 5 atom stereocenters. The minimum absolute atomic E-state index is 0.157. The van der Waals surface area contributed by atoms with Crippen LogP contribution in [0.15, 0.2) is 34.2 Å². The molecule has 170 valence electrons. The van der Waals surface area contributed by atoms with Gasteiger partial charge in [0.1, 0.15) is 23.7 Å². The Morgan fingerprint density at radius 3 is 2.69 bits per heavy atom. The first-order valence-corrected chi connectivity index (χ1v) is 11.1. The number of Topliss-reactive ketones (excluding diaryl/α,β-unsaturated/α-hetero) is 2. The maximum absolute atomic E-state index is 13.9. The average Bonchev–Trinajstić information content (AvgIpc) is 3.22. The van der Waals surface area contributed by atoms with E-state index in [1.54, 1.807) is 14.2 Å². The number of fused-ring (bicyclic) bond motifs is 3. The first-order valence-electron chi connectivity index (χ1n) is 11.1. The summed E-state index contributed by atoms with van der Waals surface area (Å²) in [5, 5.41) is 0. The third-order valence-corrected chi connectivity index (χ3v) is 8.32. The molecular weight excluding hydrogens is 412 g/mol. The second-order valence-electron chi connectivity index (χ2n) is 9.77. The third-order valence-electron chi connectivity index (χ3n) is 8.32. The molecule has 0 radical (unpaired) electrons. The van der Waals surface area contributed by atoms with Gasteiger partial charge in [0.25, 0.3) is 0 Å². The van der Waals surface area contributed by atoms with E-state index in [0.29, 0.717) is 29.7 Å². The summed E-state index contributed by atoms with van der Waals surface area (Å²) < 4.78 is 22.6. The highest BCUT2D eigenvalue weighted by atomic mass is 16.6. The van der Waals surface area contributed by atoms with Crippen molar-refractivity contribution in [1.82, 2.24) is 0 Å². The van der Waals surface area contributed by atoms with Crippen LogP contribution in [0.1, 0.15) is 66.0 Å². The van der Waals surface area contributed by atoms with Crippen LogP contribution in [-0.4, -0.2) is 44.5 Å². The van der Waals surface area contributed by atoms with Crippen LogP contribution in [0.2, 0.25) is 0 Å². The molecule has 0 saturated heterocycles. The zero-order valence-electron chi connectivity index (χ0n) is 18.9. The molecule has 0 amide bonds. The highest BCUT2D eigenvalue weighted by molar-refractivity contribution is 6.14. The Balaban J connectivity index is 1.84. The SMILES string of the molecule is C=C(OC)[C@@H]1C[C@]2(C)C(=O)CCCC2C2=C1[C@]1(C)c3c(coc3C2=O)C(=O)O[C@@H]1COC. The number of hydrogen-bond donors (Lipinski definition) is 0. The molecular formula is C25H28O7. The minimum Gasteiger partial charge on any atom is -0.501 e. The van der Waals surface area contributed by atoms with E-state index in [1.165, 1.54) is 6.26 Å². The molecule has 0 spiro atoms. The van der Waals surface area contributed by atoms with Crippen molar-refractivity contribution in [1.29, 1.82) is 0 Å². The Morgan fingerprint density at radius 2 is 2.00 bits per heavy atom. The van der Waals surface area contributed by atoms with Crippen LogP contribution in [0.4, 0.5) is 0 Å². The van der Waals surface area contributed by atoms with E-state index >= 15 is 0 Å². The molecule has 2 heterocycles. The predicted octanol–water partition coefficient (Wildman–Crippen LogP) is 3.77. The van der Waals surface area contributed by atoms with Gasteiger partial charge in [0, 0.05) is 41.9 Å². The molecule has 1 unspecified atom stereocenters. The molecule has 0 N–H and O–H groups in total. The largest absolute Gasteiger partial charge is 0.501 e. The summed E-state index contributed by atoms with van der Waals surface area (Å²) in [5.74, 6) is -0.548. The van der Waals surface area contributed by atoms with Gasteiger partial charge in [0.2, 0.25) is 5.78 Å². The van der Waals surface area contributed by atoms with Crippen molar-refractivity contribution in [3.8, 4) is 0 Å². The van der Waals surface area contributed by atoms with Gasteiger partial charge in [-0.05, 0) is 31.8 Å². The van der Waals surface area contributed by atoms with Gasteiger partial charge in [-0.15, -0.1) is 0 Å². The average molecular weight is 440 g/mol. The zero-order chi connectivity index (χ0) is 23.0. The van der Waals surface area contributed by atoms with Crippen LogP contribution in [0.5, 0.6) is 0 Å². The van der Waals surface area contributed by atoms with Crippen molar-refractivity contribution in [3.05, 3.63) is 46.6 Å². The maximum atomic E-state index is 13.9. The summed E-state index contributed by atoms with van der Waals surface area (Å²) in [6.07, 6.45) is 3.15. The van der Waals surface area contributed by atoms with Gasteiger partial charge in [0.05, 0.1) is 24.9 Å². The molecule has 7 heteroatoms. The van der Waals surface area contributed by atoms with E-state index < -0.39 is 22.9 Å². The van der Waals surface area contributed by atoms with Crippen molar-refractivity contribution in [2.45, 2.75) is 51.0 Å². The summed E-state index contributed by atoms with van der Waals surface area (Å²) in [7, 11) is 3.10. The molecule has 5 rings (SSSR count). The van der Waals surface area contributed by atoms with Crippen LogP contribution in [-0.2, 0) is 24.4 Å². The first-order chi connectivity index (χ1) is 15.2. The fourth-order valence-corrected chi connectivity index (χ4v) is 6.67. The number of methoxy groups -OCH3 is 2. The van der Waals surface area contributed by atoms with Gasteiger partial charge in [-0.3, -0.25) is 9.59 Å². The number of esters is 1. The van der Waals surface area contributed by atoms with Gasteiger partial charge < -0.3 is 18.6 Å². The number of allylic oxidation sites excluding steroid dienone is 2. The Bertz CT molecular complexity index is 1090. The Morgan fingerprint density at radius 1 is 1.25 bits per heavy atom. The highest BCUT2D eigenvalue weighted by Crippen LogP contribution is 2.62. The van der Waals surface area contributed by atoms with Crippen molar-refractivity contribution < 1.29 is 33.0 Å². The fourth-order valence-electron chi connectivity index (χ4n) is 6.67. The zero-order valence-corrected chi connectivity index (χ0v) is 18.9. The van der Waals surface area contributed by atoms with Gasteiger partial charge >= 0.3 is 5.97 Å². The second-order valence-corrected chi connectivity index (χ2v) is 9.77. The molecule has 0 aromatic carbocycles. The lowest BCUT2D eigenvalue weighted by Gasteiger charge is -2.55. The molecule has 1 saturated carbocycles. The van der Waals surface area contributed by atoms with Gasteiger partial charge in [-0.2, -0.15) is 0 Å². The first kappa shape index (κ1) is 21.2. The number of hydrogen-bond acceptors (Lipinski definition) is 7. The van der Waals surface area contributed by atoms with Crippen molar-refractivity contribution >= 4 is 17.5 Å². The molecule has 1 fully saturated rings. The number of ketones is 2. The van der Waals surface area contributed by atoms with Crippen LogP contribution in [0.3, 0.4) is 0 Å². The number of cyclic esters (lactones) is 1. The van der Waals surface area contributed by atoms with E-state index in [0.717, 1.165) is 18.4 Å². The maximum Gasteiger partial charge on any atom is 0.342 e. The lowest BCUT2D eigenvalue weighted by molar-refractivity contribution is -0.134. The third kappa shape index (κ3) is 2.43. The number of carbonyl (C=O) groups excluding carboxylic acids is 3. The molecule has 0 bridgehead atoms. The van der Waals surface area contributed by atoms with Crippen molar-refractivity contribution in [3.63, 3.8) is 0 Å². The lowest BCUT2D eigenvalue weighted by atomic mass is 9.48. The molecule has 1 aliphatic heterocycles. The molecule has 32 heavy (non-hydrogen) atoms. The van der Waals surface area contributed by atoms with Gasteiger partial charge in [0.15, 0.2) is 5.76 Å². The Hall–Kier alpha value is -2.67. The molecule has 1 aromatic rings. The standard InChI is InChI=1S/C25H28O7/c1-12(30-5)13-9-24(2)15(7-6-8-16(24)26)18-19(13)25(3)17(11-29-4)32-23(28)14-10-31-22(20(14)25)21(18)27/h10,13,15,17H,1,6-9,11H2,2-5H3/t13-,15?,17+,24-,25+/m0/s1. The minimum atomic E-state index is -0.862. The summed E-state index contributed by atoms with van der Waals surface area (Å²) in [6, 6.07) is 0. The monoisotopic (exact) mass is 440 g/mol. The fraction of sp³-hybridized carbons (Fsp3) is 0.560. The highest BCUT2D eigenvalue weighted by Gasteiger charge is 2.63. The Kier molecular flexibility index (Phi) is 4.58. The van der Waals surface area contributed by atoms with Crippen LogP contribution in [0.25, 0.3) is 0 Å². The summed E-state index contributed by atoms with van der Waals surface area (Å²) in [6.45, 7) is 8.23. The number of rotatable bonds is 4. The van der Waals surface area contributed by atoms with Crippen LogP contribution < -0.4 is 0 Å². The summed E-state index contributed by atoms with van der Waals surface area (Å²) in [4.78, 5) is 39.8. The Labute approximate surface area is 186 Å². The van der Waals surface area contributed by atoms with Gasteiger partial charge in [-0.1, -0.05) is 13.5 Å². The second kappa shape index (κ2) is 6.91. The van der Waals surface area contributed by atoms with E-state index in [4.69, 9.17) is 18.6 Å². The molecule has 3 aliphatic carbocycles. The molecule has 4 aliphatic rings. The predicted molar refractivity (Wildman–Crippen MR) is 113 cm³/mol. The smallest absolute Gasteiger partial charge is 0.342 e. The topological polar surface area (TPSA) is 92.0 Å². The van der Waals surface area contributed by atoms with E-state index in [1.807, 2.05) is 13.8 Å². The molecule has 1 aromatic heterocycles. The summed E-state index contributed by atoms with van der Waals surface area (Å²) in [5.41, 5.74) is 0.702. The normalized spacial score (nSPS) is 35.6. The van der Waals surface area contributed by atoms with E-state index in [-0.39, 0.29) is 41.3 Å². The number of ether oxygens (including phenoxy) is 3. The van der Waals surface area contributed by atoms with Crippen LogP contribution in [0, 0.1) is 17.3 Å². The van der Waals surface area contributed by atoms with E-state index in [2.05, 4.69) is 6.58 Å². The lowest BCUT2D eigenvalue weighted by Crippen LogP contribution is -2.57. The van der Waals surface area contributed by atoms with Crippen molar-refractivity contribution in [2.24, 2.45) is 17.3 Å². The molecule has 7 nitrogen and oxygen atoms in total. The number of carbonyl (C=O) groups is 3. The van der Waals surface area contributed by atoms with Gasteiger partial charge in [-0.25, -0.2) is 4.79 Å². The summed E-state index contributed by atoms with van der Waals surface area (Å²) >= 11 is 0.